The first-order valence-corrected chi connectivity index (χ1v) is 11.9. The van der Waals surface area contributed by atoms with Gasteiger partial charge < -0.3 is 4.90 Å². The predicted octanol–water partition coefficient (Wildman–Crippen LogP) is 5.73. The summed E-state index contributed by atoms with van der Waals surface area (Å²) in [5.41, 5.74) is 3.43. The number of amides is 1. The van der Waals surface area contributed by atoms with E-state index < -0.39 is 0 Å². The van der Waals surface area contributed by atoms with Crippen molar-refractivity contribution in [1.82, 2.24) is 9.80 Å². The van der Waals surface area contributed by atoms with Gasteiger partial charge in [0.15, 0.2) is 0 Å². The Morgan fingerprint density at radius 2 is 1.26 bits per heavy atom. The van der Waals surface area contributed by atoms with Crippen LogP contribution in [-0.2, 0) is 0 Å². The summed E-state index contributed by atoms with van der Waals surface area (Å²) in [7, 11) is 0. The van der Waals surface area contributed by atoms with E-state index in [4.69, 9.17) is 0 Å². The summed E-state index contributed by atoms with van der Waals surface area (Å²) in [4.78, 5) is 18.9. The van der Waals surface area contributed by atoms with Crippen molar-refractivity contribution in [2.45, 2.75) is 30.0 Å². The molecule has 1 aliphatic rings. The molecule has 0 radical (unpaired) electrons. The second kappa shape index (κ2) is 10.2. The van der Waals surface area contributed by atoms with E-state index in [1.807, 2.05) is 23.1 Å². The molecule has 1 saturated heterocycles. The molecule has 1 heterocycles. The molecule has 4 heteroatoms. The molecule has 0 aliphatic carbocycles. The maximum atomic E-state index is 13.3. The molecule has 0 spiro atoms. The van der Waals surface area contributed by atoms with E-state index in [-0.39, 0.29) is 11.9 Å². The standard InChI is InChI=1S/C27H30N2OS/c1-21(2)31-25-16-10-9-15-24(25)27(30)29-19-17-28(18-20-29)26(22-11-5-3-6-12-22)23-13-7-4-8-14-23/h3-16,21,26H,17-20H2,1-2H3. The van der Waals surface area contributed by atoms with Crippen molar-refractivity contribution in [3.8, 4) is 0 Å². The molecule has 1 fully saturated rings. The van der Waals surface area contributed by atoms with Gasteiger partial charge in [0.1, 0.15) is 0 Å². The average molecular weight is 431 g/mol. The number of hydrogen-bond acceptors (Lipinski definition) is 3. The van der Waals surface area contributed by atoms with Gasteiger partial charge in [0.2, 0.25) is 0 Å². The highest BCUT2D eigenvalue weighted by atomic mass is 32.2. The van der Waals surface area contributed by atoms with E-state index in [1.165, 1.54) is 11.1 Å². The highest BCUT2D eigenvalue weighted by Gasteiger charge is 2.29. The zero-order chi connectivity index (χ0) is 21.6. The number of nitrogens with zero attached hydrogens (tertiary/aromatic N) is 2. The van der Waals surface area contributed by atoms with E-state index in [9.17, 15) is 4.79 Å². The molecule has 0 saturated carbocycles. The molecule has 160 valence electrons. The van der Waals surface area contributed by atoms with E-state index in [0.29, 0.717) is 5.25 Å². The van der Waals surface area contributed by atoms with Crippen molar-refractivity contribution >= 4 is 17.7 Å². The molecule has 1 amide bonds. The third kappa shape index (κ3) is 5.20. The van der Waals surface area contributed by atoms with E-state index >= 15 is 0 Å². The van der Waals surface area contributed by atoms with Crippen molar-refractivity contribution in [2.24, 2.45) is 0 Å². The Labute approximate surface area is 190 Å². The summed E-state index contributed by atoms with van der Waals surface area (Å²) in [6, 6.07) is 29.6. The van der Waals surface area contributed by atoms with Crippen molar-refractivity contribution in [3.63, 3.8) is 0 Å². The highest BCUT2D eigenvalue weighted by molar-refractivity contribution is 8.00. The number of thioether (sulfide) groups is 1. The van der Waals surface area contributed by atoms with Gasteiger partial charge >= 0.3 is 0 Å². The van der Waals surface area contributed by atoms with Crippen molar-refractivity contribution in [2.75, 3.05) is 26.2 Å². The number of carbonyl (C=O) groups is 1. The summed E-state index contributed by atoms with van der Waals surface area (Å²) < 4.78 is 0. The Balaban J connectivity index is 1.50. The molecule has 0 bridgehead atoms. The van der Waals surface area contributed by atoms with Crippen LogP contribution in [0.15, 0.2) is 89.8 Å². The molecule has 0 atom stereocenters. The number of carbonyl (C=O) groups excluding carboxylic acids is 1. The van der Waals surface area contributed by atoms with Crippen LogP contribution in [0.3, 0.4) is 0 Å². The molecule has 1 aliphatic heterocycles. The van der Waals surface area contributed by atoms with Crippen LogP contribution in [0.25, 0.3) is 0 Å². The minimum Gasteiger partial charge on any atom is -0.336 e. The van der Waals surface area contributed by atoms with E-state index in [2.05, 4.69) is 85.5 Å². The third-order valence-corrected chi connectivity index (χ3v) is 6.76. The second-order valence-electron chi connectivity index (χ2n) is 8.21. The molecule has 0 aromatic heterocycles. The van der Waals surface area contributed by atoms with Crippen molar-refractivity contribution in [3.05, 3.63) is 102 Å². The molecule has 3 nitrogen and oxygen atoms in total. The summed E-state index contributed by atoms with van der Waals surface area (Å²) in [6.07, 6.45) is 0. The molecule has 31 heavy (non-hydrogen) atoms. The van der Waals surface area contributed by atoms with Crippen LogP contribution in [-0.4, -0.2) is 47.1 Å². The monoisotopic (exact) mass is 430 g/mol. The van der Waals surface area contributed by atoms with Crippen molar-refractivity contribution in [1.29, 1.82) is 0 Å². The Bertz CT molecular complexity index is 943. The smallest absolute Gasteiger partial charge is 0.255 e. The molecular formula is C27H30N2OS. The molecule has 4 rings (SSSR count). The molecule has 3 aromatic carbocycles. The fraction of sp³-hybridized carbons (Fsp3) is 0.296. The van der Waals surface area contributed by atoms with Gasteiger partial charge in [-0.3, -0.25) is 9.69 Å². The lowest BCUT2D eigenvalue weighted by atomic mass is 9.96. The van der Waals surface area contributed by atoms with Gasteiger partial charge in [-0.1, -0.05) is 86.6 Å². The Kier molecular flexibility index (Phi) is 7.10. The quantitative estimate of drug-likeness (QED) is 0.466. The summed E-state index contributed by atoms with van der Waals surface area (Å²) in [5.74, 6) is 0.152. The van der Waals surface area contributed by atoms with Crippen LogP contribution in [0, 0.1) is 0 Å². The number of rotatable bonds is 6. The lowest BCUT2D eigenvalue weighted by Gasteiger charge is -2.40. The van der Waals surface area contributed by atoms with Gasteiger partial charge in [-0.25, -0.2) is 0 Å². The van der Waals surface area contributed by atoms with Gasteiger partial charge in [-0.2, -0.15) is 0 Å². The summed E-state index contributed by atoms with van der Waals surface area (Å²) in [6.45, 7) is 7.54. The Morgan fingerprint density at radius 1 is 0.742 bits per heavy atom. The molecule has 0 unspecified atom stereocenters. The van der Waals surface area contributed by atoms with Gasteiger partial charge in [0.25, 0.3) is 5.91 Å². The van der Waals surface area contributed by atoms with Gasteiger partial charge in [-0.15, -0.1) is 11.8 Å². The maximum Gasteiger partial charge on any atom is 0.255 e. The average Bonchev–Trinajstić information content (AvgIpc) is 2.81. The van der Waals surface area contributed by atoms with Gasteiger partial charge in [-0.05, 0) is 23.3 Å². The third-order valence-electron chi connectivity index (χ3n) is 5.68. The number of hydrogen-bond donors (Lipinski definition) is 0. The zero-order valence-electron chi connectivity index (χ0n) is 18.3. The predicted molar refractivity (Wildman–Crippen MR) is 130 cm³/mol. The van der Waals surface area contributed by atoms with Crippen LogP contribution in [0.5, 0.6) is 0 Å². The summed E-state index contributed by atoms with van der Waals surface area (Å²) in [5, 5.41) is 0.448. The molecule has 3 aromatic rings. The Hall–Kier alpha value is -2.56. The minimum absolute atomic E-state index is 0.152. The lowest BCUT2D eigenvalue weighted by Crippen LogP contribution is -2.50. The topological polar surface area (TPSA) is 23.6 Å². The van der Waals surface area contributed by atoms with Crippen molar-refractivity contribution < 1.29 is 4.79 Å². The molecule has 0 N–H and O–H groups in total. The molecular weight excluding hydrogens is 400 g/mol. The highest BCUT2D eigenvalue weighted by Crippen LogP contribution is 2.31. The van der Waals surface area contributed by atoms with Crippen LogP contribution in [0.4, 0.5) is 0 Å². The summed E-state index contributed by atoms with van der Waals surface area (Å²) >= 11 is 1.76. The lowest BCUT2D eigenvalue weighted by molar-refractivity contribution is 0.0594. The number of piperazine rings is 1. The fourth-order valence-corrected chi connectivity index (χ4v) is 5.19. The van der Waals surface area contributed by atoms with Crippen LogP contribution in [0.1, 0.15) is 41.4 Å². The first-order valence-electron chi connectivity index (χ1n) is 11.0. The zero-order valence-corrected chi connectivity index (χ0v) is 19.1. The number of benzene rings is 3. The largest absolute Gasteiger partial charge is 0.336 e. The fourth-order valence-electron chi connectivity index (χ4n) is 4.24. The van der Waals surface area contributed by atoms with Crippen LogP contribution >= 0.6 is 11.8 Å². The first kappa shape index (κ1) is 21.7. The van der Waals surface area contributed by atoms with Gasteiger partial charge in [0.05, 0.1) is 11.6 Å². The van der Waals surface area contributed by atoms with Gasteiger partial charge in [0, 0.05) is 36.3 Å². The van der Waals surface area contributed by atoms with E-state index in [1.54, 1.807) is 11.8 Å². The maximum absolute atomic E-state index is 13.3. The first-order chi connectivity index (χ1) is 15.1. The normalized spacial score (nSPS) is 14.9. The van der Waals surface area contributed by atoms with E-state index in [0.717, 1.165) is 36.6 Å². The second-order valence-corrected chi connectivity index (χ2v) is 9.83. The van der Waals surface area contributed by atoms with Crippen LogP contribution in [0.2, 0.25) is 0 Å². The SMILES string of the molecule is CC(C)Sc1ccccc1C(=O)N1CCN(C(c2ccccc2)c2ccccc2)CC1. The minimum atomic E-state index is 0.152. The van der Waals surface area contributed by atoms with Crippen LogP contribution < -0.4 is 0 Å². The Morgan fingerprint density at radius 3 is 1.81 bits per heavy atom.